The second-order valence-corrected chi connectivity index (χ2v) is 1.74. The second kappa shape index (κ2) is 6.22. The Balaban J connectivity index is 0.000001000. The van der Waals surface area contributed by atoms with Gasteiger partial charge in [0.2, 0.25) is 0 Å². The van der Waals surface area contributed by atoms with Crippen molar-refractivity contribution >= 4 is 12.3 Å². The Morgan fingerprint density at radius 3 is 2.91 bits per heavy atom. The number of nitrogens with one attached hydrogen (secondary N) is 1. The van der Waals surface area contributed by atoms with Crippen LogP contribution in [-0.4, -0.2) is 11.2 Å². The summed E-state index contributed by atoms with van der Waals surface area (Å²) in [5, 5.41) is 12.1. The molecule has 0 unspecified atom stereocenters. The Kier molecular flexibility index (Phi) is 5.93. The fourth-order valence-corrected chi connectivity index (χ4v) is 0.630. The molecule has 0 atom stereocenters. The summed E-state index contributed by atoms with van der Waals surface area (Å²) in [5.74, 6) is 0. The molecule has 1 aromatic rings. The third kappa shape index (κ3) is 4.03. The molecule has 52 valence electrons. The summed E-state index contributed by atoms with van der Waals surface area (Å²) in [7, 11) is 0. The Hall–Kier alpha value is -0.510. The summed E-state index contributed by atoms with van der Waals surface area (Å²) in [6, 6.07) is 3.78. The first-order chi connectivity index (χ1) is 4.93. The maximum atomic E-state index is 9.57. The fourth-order valence-electron chi connectivity index (χ4n) is 0.630. The molecule has 1 aromatic heterocycles. The molecule has 4 heteroatoms. The van der Waals surface area contributed by atoms with Crippen LogP contribution in [0.5, 0.6) is 0 Å². The van der Waals surface area contributed by atoms with E-state index in [2.05, 4.69) is 10.1 Å². The Morgan fingerprint density at radius 1 is 1.55 bits per heavy atom. The molecule has 0 spiro atoms. The second-order valence-electron chi connectivity index (χ2n) is 1.74. The monoisotopic (exact) mass is 158 g/mol. The molecular weight excluding hydrogens is 151 g/mol. The van der Waals surface area contributed by atoms with Crippen LogP contribution in [0.2, 0.25) is 0 Å². The number of hydrogen-bond acceptors (Lipinski definition) is 2. The molecule has 0 aliphatic rings. The van der Waals surface area contributed by atoms with Crippen molar-refractivity contribution < 1.29 is 29.6 Å². The van der Waals surface area contributed by atoms with E-state index in [4.69, 9.17) is 0 Å². The van der Waals surface area contributed by atoms with Crippen molar-refractivity contribution in [3.8, 4) is 0 Å². The van der Waals surface area contributed by atoms with Crippen molar-refractivity contribution in [2.24, 2.45) is 5.16 Å². The zero-order chi connectivity index (χ0) is 7.23. The van der Waals surface area contributed by atoms with E-state index in [9.17, 15) is 5.21 Å². The molecular formula is C7H7N2NaO. The normalized spacial score (nSPS) is 10.5. The van der Waals surface area contributed by atoms with Gasteiger partial charge < -0.3 is 15.3 Å². The maximum Gasteiger partial charge on any atom is 1.00 e. The van der Waals surface area contributed by atoms with Crippen molar-refractivity contribution in [1.29, 1.82) is 0 Å². The largest absolute Gasteiger partial charge is 1.00 e. The fraction of sp³-hybridized carbons (Fsp3) is 0. The predicted octanol–water partition coefficient (Wildman–Crippen LogP) is -1.40. The van der Waals surface area contributed by atoms with Crippen molar-refractivity contribution in [2.75, 3.05) is 0 Å². The first-order valence-corrected chi connectivity index (χ1v) is 2.89. The van der Waals surface area contributed by atoms with Crippen molar-refractivity contribution in [3.63, 3.8) is 0 Å². The molecule has 0 radical (unpaired) electrons. The van der Waals surface area contributed by atoms with Gasteiger partial charge in [0.1, 0.15) is 0 Å². The van der Waals surface area contributed by atoms with Gasteiger partial charge >= 0.3 is 29.6 Å². The van der Waals surface area contributed by atoms with E-state index in [1.807, 2.05) is 18.3 Å². The zero-order valence-corrected chi connectivity index (χ0v) is 8.32. The van der Waals surface area contributed by atoms with Gasteiger partial charge in [-0.05, 0) is 24.3 Å². The molecule has 0 amide bonds. The number of H-pyrrole nitrogens is 1. The molecule has 11 heavy (non-hydrogen) atoms. The predicted molar refractivity (Wildman–Crippen MR) is 41.7 cm³/mol. The molecule has 0 aliphatic carbocycles. The molecule has 0 saturated heterocycles. The van der Waals surface area contributed by atoms with Gasteiger partial charge in [-0.3, -0.25) is 0 Å². The van der Waals surface area contributed by atoms with Gasteiger partial charge in [-0.2, -0.15) is 0 Å². The van der Waals surface area contributed by atoms with Gasteiger partial charge in [-0.25, -0.2) is 0 Å². The molecule has 0 bridgehead atoms. The topological polar surface area (TPSA) is 51.2 Å². The number of nitrogens with zero attached hydrogens (tertiary/aromatic N) is 1. The van der Waals surface area contributed by atoms with E-state index < -0.39 is 0 Å². The first-order valence-electron chi connectivity index (χ1n) is 2.89. The van der Waals surface area contributed by atoms with Crippen LogP contribution in [0.25, 0.3) is 6.08 Å². The minimum atomic E-state index is 0. The molecule has 0 fully saturated rings. The van der Waals surface area contributed by atoms with Gasteiger partial charge in [0.15, 0.2) is 0 Å². The van der Waals surface area contributed by atoms with Crippen LogP contribution >= 0.6 is 0 Å². The summed E-state index contributed by atoms with van der Waals surface area (Å²) in [4.78, 5) is 2.95. The number of aromatic nitrogens is 1. The zero-order valence-electron chi connectivity index (χ0n) is 6.32. The number of hydrogen-bond donors (Lipinski definition) is 1. The summed E-state index contributed by atoms with van der Waals surface area (Å²) in [6.07, 6.45) is 6.36. The smallest absolute Gasteiger partial charge is 0.792 e. The van der Waals surface area contributed by atoms with Crippen LogP contribution in [0.1, 0.15) is 5.69 Å². The minimum Gasteiger partial charge on any atom is -0.792 e. The van der Waals surface area contributed by atoms with Crippen LogP contribution in [0.3, 0.4) is 0 Å². The minimum absolute atomic E-state index is 0. The molecule has 1 heterocycles. The van der Waals surface area contributed by atoms with Crippen molar-refractivity contribution in [2.45, 2.75) is 0 Å². The van der Waals surface area contributed by atoms with E-state index in [0.717, 1.165) is 5.69 Å². The van der Waals surface area contributed by atoms with Crippen molar-refractivity contribution in [1.82, 2.24) is 4.98 Å². The van der Waals surface area contributed by atoms with E-state index in [1.54, 1.807) is 12.2 Å². The Labute approximate surface area is 87.1 Å². The average Bonchev–Trinajstić information content (AvgIpc) is 2.41. The number of allylic oxidation sites excluding steroid dienone is 1. The van der Waals surface area contributed by atoms with Gasteiger partial charge in [-0.1, -0.05) is 0 Å². The van der Waals surface area contributed by atoms with E-state index in [-0.39, 0.29) is 29.6 Å². The van der Waals surface area contributed by atoms with Gasteiger partial charge in [0.25, 0.3) is 0 Å². The van der Waals surface area contributed by atoms with E-state index in [0.29, 0.717) is 0 Å². The van der Waals surface area contributed by atoms with Crippen LogP contribution in [0, 0.1) is 5.21 Å². The van der Waals surface area contributed by atoms with Gasteiger partial charge in [0, 0.05) is 18.1 Å². The van der Waals surface area contributed by atoms with Crippen LogP contribution < -0.4 is 29.6 Å². The average molecular weight is 158 g/mol. The molecule has 1 N–H and O–H groups in total. The van der Waals surface area contributed by atoms with Crippen LogP contribution in [0.15, 0.2) is 29.6 Å². The number of rotatable bonds is 2. The van der Waals surface area contributed by atoms with Crippen LogP contribution in [0.4, 0.5) is 0 Å². The standard InChI is InChI=1S/C7H8N2O.Na/c10-9-6-2-4-7-3-1-5-8-7;/h1-6,8,10H;/q;+1/p-1/b4-2+,9-6-;. The van der Waals surface area contributed by atoms with E-state index >= 15 is 0 Å². The van der Waals surface area contributed by atoms with Gasteiger partial charge in [0.05, 0.1) is 0 Å². The maximum absolute atomic E-state index is 9.57. The molecule has 0 aromatic carbocycles. The Morgan fingerprint density at radius 2 is 2.36 bits per heavy atom. The first kappa shape index (κ1) is 10.5. The molecule has 1 rings (SSSR count). The molecule has 3 nitrogen and oxygen atoms in total. The third-order valence-corrected chi connectivity index (χ3v) is 1.04. The summed E-state index contributed by atoms with van der Waals surface area (Å²) in [5.41, 5.74) is 0.958. The Bertz CT molecular complexity index is 229. The van der Waals surface area contributed by atoms with Crippen LogP contribution in [-0.2, 0) is 0 Å². The van der Waals surface area contributed by atoms with Gasteiger partial charge in [-0.15, -0.1) is 0 Å². The summed E-state index contributed by atoms with van der Waals surface area (Å²) in [6.45, 7) is 0. The number of aromatic amines is 1. The quantitative estimate of drug-likeness (QED) is 0.321. The summed E-state index contributed by atoms with van der Waals surface area (Å²) < 4.78 is 0. The summed E-state index contributed by atoms with van der Waals surface area (Å²) >= 11 is 0. The van der Waals surface area contributed by atoms with E-state index in [1.165, 1.54) is 6.21 Å². The van der Waals surface area contributed by atoms with Crippen molar-refractivity contribution in [3.05, 3.63) is 35.3 Å². The third-order valence-electron chi connectivity index (χ3n) is 1.04. The molecule has 0 saturated carbocycles. The SMILES string of the molecule is [Na+].[O-]/N=C\C=C\c1ccc[nH]1. The molecule has 0 aliphatic heterocycles.